The molecule has 2 heterocycles. The van der Waals surface area contributed by atoms with Gasteiger partial charge in [-0.25, -0.2) is 0 Å². The first kappa shape index (κ1) is 10.1. The van der Waals surface area contributed by atoms with Crippen LogP contribution >= 0.6 is 15.9 Å². The molecule has 2 N–H and O–H groups in total. The molecule has 0 radical (unpaired) electrons. The van der Waals surface area contributed by atoms with Gasteiger partial charge in [-0.1, -0.05) is 0 Å². The van der Waals surface area contributed by atoms with Crippen molar-refractivity contribution < 1.29 is 0 Å². The highest BCUT2D eigenvalue weighted by Gasteiger charge is 2.30. The molecule has 1 aliphatic rings. The SMILES string of the molecule is CN1CCC(N)C1c1ccc(Br)cn1. The molecule has 14 heavy (non-hydrogen) atoms. The maximum absolute atomic E-state index is 6.05. The highest BCUT2D eigenvalue weighted by Crippen LogP contribution is 2.28. The van der Waals surface area contributed by atoms with E-state index >= 15 is 0 Å². The lowest BCUT2D eigenvalue weighted by atomic mass is 10.1. The van der Waals surface area contributed by atoms with Crippen molar-refractivity contribution in [2.24, 2.45) is 5.73 Å². The third-order valence-corrected chi connectivity index (χ3v) is 3.22. The summed E-state index contributed by atoms with van der Waals surface area (Å²) in [5.41, 5.74) is 7.12. The first-order chi connectivity index (χ1) is 6.68. The van der Waals surface area contributed by atoms with Crippen molar-refractivity contribution in [2.75, 3.05) is 13.6 Å². The Hall–Kier alpha value is -0.450. The number of hydrogen-bond donors (Lipinski definition) is 1. The van der Waals surface area contributed by atoms with E-state index in [0.717, 1.165) is 23.1 Å². The molecular formula is C10H14BrN3. The second-order valence-corrected chi connectivity index (χ2v) is 4.69. The number of likely N-dealkylation sites (N-methyl/N-ethyl adjacent to an activating group) is 1. The summed E-state index contributed by atoms with van der Waals surface area (Å²) in [5, 5.41) is 0. The monoisotopic (exact) mass is 255 g/mol. The normalized spacial score (nSPS) is 28.2. The number of rotatable bonds is 1. The highest BCUT2D eigenvalue weighted by molar-refractivity contribution is 9.10. The maximum Gasteiger partial charge on any atom is 0.0671 e. The van der Waals surface area contributed by atoms with Crippen molar-refractivity contribution >= 4 is 15.9 Å². The third-order valence-electron chi connectivity index (χ3n) is 2.75. The zero-order valence-electron chi connectivity index (χ0n) is 8.15. The Morgan fingerprint density at radius 2 is 2.36 bits per heavy atom. The molecule has 2 rings (SSSR count). The van der Waals surface area contributed by atoms with Crippen LogP contribution in [0.15, 0.2) is 22.8 Å². The van der Waals surface area contributed by atoms with Crippen LogP contribution in [0.3, 0.4) is 0 Å². The van der Waals surface area contributed by atoms with Gasteiger partial charge in [0.15, 0.2) is 0 Å². The Bertz CT molecular complexity index is 302. The minimum Gasteiger partial charge on any atom is -0.326 e. The molecule has 1 aromatic heterocycles. The van der Waals surface area contributed by atoms with Crippen molar-refractivity contribution in [1.29, 1.82) is 0 Å². The predicted octanol–water partition coefficient (Wildman–Crippen LogP) is 1.55. The Kier molecular flexibility index (Phi) is 2.85. The molecule has 76 valence electrons. The van der Waals surface area contributed by atoms with E-state index in [1.54, 1.807) is 0 Å². The lowest BCUT2D eigenvalue weighted by Gasteiger charge is -2.21. The Labute approximate surface area is 92.4 Å². The van der Waals surface area contributed by atoms with Crippen molar-refractivity contribution in [3.8, 4) is 0 Å². The molecule has 0 amide bonds. The van der Waals surface area contributed by atoms with Crippen molar-refractivity contribution in [3.05, 3.63) is 28.5 Å². The summed E-state index contributed by atoms with van der Waals surface area (Å²) in [6.45, 7) is 1.06. The van der Waals surface area contributed by atoms with E-state index < -0.39 is 0 Å². The minimum absolute atomic E-state index is 0.216. The lowest BCUT2D eigenvalue weighted by Crippen LogP contribution is -2.30. The minimum atomic E-state index is 0.216. The van der Waals surface area contributed by atoms with Gasteiger partial charge in [0.2, 0.25) is 0 Å². The van der Waals surface area contributed by atoms with Gasteiger partial charge in [0.05, 0.1) is 11.7 Å². The van der Waals surface area contributed by atoms with Gasteiger partial charge in [0, 0.05) is 23.3 Å². The van der Waals surface area contributed by atoms with Gasteiger partial charge in [0.25, 0.3) is 0 Å². The molecule has 4 heteroatoms. The molecule has 0 aromatic carbocycles. The topological polar surface area (TPSA) is 42.1 Å². The summed E-state index contributed by atoms with van der Waals surface area (Å²) in [6, 6.07) is 4.55. The summed E-state index contributed by atoms with van der Waals surface area (Å²) >= 11 is 3.38. The fraction of sp³-hybridized carbons (Fsp3) is 0.500. The van der Waals surface area contributed by atoms with E-state index in [9.17, 15) is 0 Å². The Morgan fingerprint density at radius 1 is 1.57 bits per heavy atom. The first-order valence-electron chi connectivity index (χ1n) is 4.76. The van der Waals surface area contributed by atoms with Gasteiger partial charge >= 0.3 is 0 Å². The van der Waals surface area contributed by atoms with Crippen LogP contribution in [0.25, 0.3) is 0 Å². The number of nitrogens with two attached hydrogens (primary N) is 1. The number of halogens is 1. The van der Waals surface area contributed by atoms with E-state index in [1.165, 1.54) is 0 Å². The molecule has 1 aliphatic heterocycles. The molecule has 1 saturated heterocycles. The van der Waals surface area contributed by atoms with Crippen LogP contribution in [0.1, 0.15) is 18.2 Å². The van der Waals surface area contributed by atoms with Crippen LogP contribution in [0.5, 0.6) is 0 Å². The number of likely N-dealkylation sites (tertiary alicyclic amines) is 1. The average molecular weight is 256 g/mol. The second kappa shape index (κ2) is 3.96. The summed E-state index contributed by atoms with van der Waals surface area (Å²) in [7, 11) is 2.10. The van der Waals surface area contributed by atoms with Crippen LogP contribution in [-0.4, -0.2) is 29.5 Å². The van der Waals surface area contributed by atoms with Crippen LogP contribution < -0.4 is 5.73 Å². The van der Waals surface area contributed by atoms with Crippen LogP contribution in [-0.2, 0) is 0 Å². The largest absolute Gasteiger partial charge is 0.326 e. The quantitative estimate of drug-likeness (QED) is 0.828. The smallest absolute Gasteiger partial charge is 0.0671 e. The van der Waals surface area contributed by atoms with Gasteiger partial charge in [-0.2, -0.15) is 0 Å². The second-order valence-electron chi connectivity index (χ2n) is 3.78. The van der Waals surface area contributed by atoms with Crippen molar-refractivity contribution in [2.45, 2.75) is 18.5 Å². The highest BCUT2D eigenvalue weighted by atomic mass is 79.9. The molecule has 2 unspecified atom stereocenters. The molecule has 1 fully saturated rings. The van der Waals surface area contributed by atoms with E-state index in [0.29, 0.717) is 0 Å². The fourth-order valence-electron chi connectivity index (χ4n) is 1.98. The van der Waals surface area contributed by atoms with E-state index in [1.807, 2.05) is 18.3 Å². The summed E-state index contributed by atoms with van der Waals surface area (Å²) < 4.78 is 1.01. The standard InChI is InChI=1S/C10H14BrN3/c1-14-5-4-8(12)10(14)9-3-2-7(11)6-13-9/h2-3,6,8,10H,4-5,12H2,1H3. The number of nitrogens with zero attached hydrogens (tertiary/aromatic N) is 2. The predicted molar refractivity (Wildman–Crippen MR) is 59.9 cm³/mol. The van der Waals surface area contributed by atoms with Gasteiger partial charge in [-0.15, -0.1) is 0 Å². The van der Waals surface area contributed by atoms with Gasteiger partial charge in [-0.05, 0) is 41.5 Å². The van der Waals surface area contributed by atoms with Crippen LogP contribution in [0.2, 0.25) is 0 Å². The molecule has 0 aliphatic carbocycles. The molecule has 2 atom stereocenters. The average Bonchev–Trinajstić information content (AvgIpc) is 2.49. The summed E-state index contributed by atoms with van der Waals surface area (Å²) in [4.78, 5) is 6.66. The fourth-order valence-corrected chi connectivity index (χ4v) is 2.22. The van der Waals surface area contributed by atoms with Crippen LogP contribution in [0, 0.1) is 0 Å². The molecular weight excluding hydrogens is 242 g/mol. The Balaban J connectivity index is 2.25. The van der Waals surface area contributed by atoms with E-state index in [-0.39, 0.29) is 12.1 Å². The molecule has 1 aromatic rings. The molecule has 0 saturated carbocycles. The zero-order chi connectivity index (χ0) is 10.1. The number of hydrogen-bond acceptors (Lipinski definition) is 3. The van der Waals surface area contributed by atoms with Crippen molar-refractivity contribution in [3.63, 3.8) is 0 Å². The van der Waals surface area contributed by atoms with E-state index in [4.69, 9.17) is 5.73 Å². The van der Waals surface area contributed by atoms with Crippen LogP contribution in [0.4, 0.5) is 0 Å². The number of aromatic nitrogens is 1. The number of pyridine rings is 1. The Morgan fingerprint density at radius 3 is 2.86 bits per heavy atom. The third kappa shape index (κ3) is 1.82. The molecule has 0 bridgehead atoms. The summed E-state index contributed by atoms with van der Waals surface area (Å²) in [6.07, 6.45) is 2.88. The molecule has 3 nitrogen and oxygen atoms in total. The van der Waals surface area contributed by atoms with Gasteiger partial charge < -0.3 is 5.73 Å². The maximum atomic E-state index is 6.05. The zero-order valence-corrected chi connectivity index (χ0v) is 9.74. The summed E-state index contributed by atoms with van der Waals surface area (Å²) in [5.74, 6) is 0. The molecule has 0 spiro atoms. The van der Waals surface area contributed by atoms with Crippen molar-refractivity contribution in [1.82, 2.24) is 9.88 Å². The van der Waals surface area contributed by atoms with E-state index in [2.05, 4.69) is 32.9 Å². The van der Waals surface area contributed by atoms with Gasteiger partial charge in [-0.3, -0.25) is 9.88 Å². The first-order valence-corrected chi connectivity index (χ1v) is 5.55. The lowest BCUT2D eigenvalue weighted by molar-refractivity contribution is 0.298. The van der Waals surface area contributed by atoms with Gasteiger partial charge in [0.1, 0.15) is 0 Å².